The van der Waals surface area contributed by atoms with Gasteiger partial charge in [-0.1, -0.05) is 18.2 Å². The van der Waals surface area contributed by atoms with Crippen molar-refractivity contribution < 1.29 is 23.1 Å². The molecule has 7 heteroatoms. The molecule has 0 aliphatic carbocycles. The van der Waals surface area contributed by atoms with Gasteiger partial charge in [0, 0.05) is 5.39 Å². The average Bonchev–Trinajstić information content (AvgIpc) is 2.91. The van der Waals surface area contributed by atoms with Gasteiger partial charge in [-0.2, -0.15) is 18.3 Å². The number of fused-ring (bicyclic) bond motifs is 1. The smallest absolute Gasteiger partial charge is 0.416 e. The van der Waals surface area contributed by atoms with E-state index in [-0.39, 0.29) is 12.1 Å². The van der Waals surface area contributed by atoms with Crippen molar-refractivity contribution in [2.75, 3.05) is 0 Å². The molecule has 0 saturated carbocycles. The second kappa shape index (κ2) is 5.67. The lowest BCUT2D eigenvalue weighted by Crippen LogP contribution is -2.06. The Morgan fingerprint density at radius 2 is 1.83 bits per heavy atom. The maximum Gasteiger partial charge on any atom is 0.416 e. The van der Waals surface area contributed by atoms with Gasteiger partial charge in [0.2, 0.25) is 0 Å². The lowest BCUT2D eigenvalue weighted by atomic mass is 10.1. The molecule has 1 aromatic heterocycles. The molecule has 3 aromatic rings. The van der Waals surface area contributed by atoms with Crippen LogP contribution in [0.15, 0.2) is 42.6 Å². The Morgan fingerprint density at radius 3 is 2.42 bits per heavy atom. The Labute approximate surface area is 135 Å². The molecule has 0 aliphatic heterocycles. The van der Waals surface area contributed by atoms with E-state index in [4.69, 9.17) is 0 Å². The molecule has 1 N–H and O–H groups in total. The van der Waals surface area contributed by atoms with Gasteiger partial charge in [-0.05, 0) is 36.2 Å². The summed E-state index contributed by atoms with van der Waals surface area (Å²) in [5.41, 5.74) is 1.59. The predicted molar refractivity (Wildman–Crippen MR) is 82.0 cm³/mol. The summed E-state index contributed by atoms with van der Waals surface area (Å²) in [6, 6.07) is 8.05. The van der Waals surface area contributed by atoms with Crippen LogP contribution in [0.4, 0.5) is 13.2 Å². The highest BCUT2D eigenvalue weighted by atomic mass is 19.4. The van der Waals surface area contributed by atoms with E-state index in [0.717, 1.165) is 17.7 Å². The zero-order valence-corrected chi connectivity index (χ0v) is 12.6. The summed E-state index contributed by atoms with van der Waals surface area (Å²) in [6.45, 7) is 2.09. The van der Waals surface area contributed by atoms with E-state index in [0.29, 0.717) is 16.5 Å². The minimum atomic E-state index is -4.37. The molecule has 24 heavy (non-hydrogen) atoms. The standard InChI is InChI=1S/C17H13F3N2O2/c1-10-2-7-13(16(23)24)14-8-21-22(15(10)14)9-11-3-5-12(6-4-11)17(18,19)20/h2-8H,9H2,1H3,(H,23,24). The quantitative estimate of drug-likeness (QED) is 0.784. The van der Waals surface area contributed by atoms with Gasteiger partial charge in [-0.15, -0.1) is 0 Å². The van der Waals surface area contributed by atoms with Crippen LogP contribution >= 0.6 is 0 Å². The van der Waals surface area contributed by atoms with Crippen molar-refractivity contribution in [2.45, 2.75) is 19.6 Å². The molecule has 0 spiro atoms. The first-order valence-corrected chi connectivity index (χ1v) is 7.12. The fourth-order valence-corrected chi connectivity index (χ4v) is 2.65. The largest absolute Gasteiger partial charge is 0.478 e. The highest BCUT2D eigenvalue weighted by Crippen LogP contribution is 2.29. The maximum atomic E-state index is 12.6. The summed E-state index contributed by atoms with van der Waals surface area (Å²) in [5.74, 6) is -1.05. The summed E-state index contributed by atoms with van der Waals surface area (Å²) >= 11 is 0. The van der Waals surface area contributed by atoms with E-state index < -0.39 is 17.7 Å². The van der Waals surface area contributed by atoms with Crippen LogP contribution in [0.5, 0.6) is 0 Å². The van der Waals surface area contributed by atoms with E-state index in [1.807, 2.05) is 6.92 Å². The van der Waals surface area contributed by atoms with Crippen molar-refractivity contribution in [1.29, 1.82) is 0 Å². The molecule has 0 amide bonds. The van der Waals surface area contributed by atoms with Gasteiger partial charge in [-0.25, -0.2) is 4.79 Å². The number of carboxylic acid groups (broad SMARTS) is 1. The number of aromatic nitrogens is 2. The number of rotatable bonds is 3. The van der Waals surface area contributed by atoms with Gasteiger partial charge in [0.25, 0.3) is 0 Å². The molecular weight excluding hydrogens is 321 g/mol. The van der Waals surface area contributed by atoms with E-state index in [1.165, 1.54) is 24.4 Å². The zero-order valence-electron chi connectivity index (χ0n) is 12.6. The van der Waals surface area contributed by atoms with Crippen molar-refractivity contribution >= 4 is 16.9 Å². The van der Waals surface area contributed by atoms with Crippen LogP contribution in [0.1, 0.15) is 27.0 Å². The molecule has 0 saturated heterocycles. The Kier molecular flexibility index (Phi) is 3.79. The highest BCUT2D eigenvalue weighted by Gasteiger charge is 2.29. The summed E-state index contributed by atoms with van der Waals surface area (Å²) in [7, 11) is 0. The van der Waals surface area contributed by atoms with Crippen LogP contribution in [0, 0.1) is 6.92 Å². The molecule has 2 aromatic carbocycles. The second-order valence-electron chi connectivity index (χ2n) is 5.49. The van der Waals surface area contributed by atoms with Gasteiger partial charge in [0.1, 0.15) is 0 Å². The molecule has 3 rings (SSSR count). The fourth-order valence-electron chi connectivity index (χ4n) is 2.65. The number of hydrogen-bond donors (Lipinski definition) is 1. The van der Waals surface area contributed by atoms with Gasteiger partial charge in [0.05, 0.1) is 29.4 Å². The van der Waals surface area contributed by atoms with E-state index in [1.54, 1.807) is 10.7 Å². The molecular formula is C17H13F3N2O2. The van der Waals surface area contributed by atoms with E-state index >= 15 is 0 Å². The van der Waals surface area contributed by atoms with Crippen molar-refractivity contribution in [2.24, 2.45) is 0 Å². The number of aryl methyl sites for hydroxylation is 1. The van der Waals surface area contributed by atoms with Gasteiger partial charge < -0.3 is 5.11 Å². The molecule has 1 heterocycles. The first kappa shape index (κ1) is 16.0. The van der Waals surface area contributed by atoms with Crippen LogP contribution < -0.4 is 0 Å². The van der Waals surface area contributed by atoms with Gasteiger partial charge in [-0.3, -0.25) is 4.68 Å². The highest BCUT2D eigenvalue weighted by molar-refractivity contribution is 6.03. The summed E-state index contributed by atoms with van der Waals surface area (Å²) in [4.78, 5) is 11.3. The summed E-state index contributed by atoms with van der Waals surface area (Å²) < 4.78 is 39.4. The van der Waals surface area contributed by atoms with Crippen LogP contribution in [0.2, 0.25) is 0 Å². The number of aromatic carboxylic acids is 1. The van der Waals surface area contributed by atoms with Crippen LogP contribution in [0.3, 0.4) is 0 Å². The number of nitrogens with zero attached hydrogens (tertiary/aromatic N) is 2. The first-order chi connectivity index (χ1) is 11.3. The van der Waals surface area contributed by atoms with Crippen molar-refractivity contribution in [3.63, 3.8) is 0 Å². The molecule has 4 nitrogen and oxygen atoms in total. The Hall–Kier alpha value is -2.83. The summed E-state index contributed by atoms with van der Waals surface area (Å²) in [5, 5.41) is 13.9. The van der Waals surface area contributed by atoms with Gasteiger partial charge >= 0.3 is 12.1 Å². The topological polar surface area (TPSA) is 55.1 Å². The fraction of sp³-hybridized carbons (Fsp3) is 0.176. The number of carbonyl (C=O) groups is 1. The molecule has 0 aliphatic rings. The number of benzene rings is 2. The minimum Gasteiger partial charge on any atom is -0.478 e. The van der Waals surface area contributed by atoms with Crippen LogP contribution in [-0.2, 0) is 12.7 Å². The third kappa shape index (κ3) is 2.84. The first-order valence-electron chi connectivity index (χ1n) is 7.12. The van der Waals surface area contributed by atoms with Crippen molar-refractivity contribution in [1.82, 2.24) is 9.78 Å². The van der Waals surface area contributed by atoms with E-state index in [2.05, 4.69) is 5.10 Å². The van der Waals surface area contributed by atoms with Crippen molar-refractivity contribution in [3.8, 4) is 0 Å². The number of halogens is 3. The second-order valence-corrected chi connectivity index (χ2v) is 5.49. The van der Waals surface area contributed by atoms with Crippen molar-refractivity contribution in [3.05, 3.63) is 64.8 Å². The molecule has 0 radical (unpaired) electrons. The maximum absolute atomic E-state index is 12.6. The molecule has 0 fully saturated rings. The third-order valence-corrected chi connectivity index (χ3v) is 3.85. The molecule has 0 bridgehead atoms. The van der Waals surface area contributed by atoms with Crippen LogP contribution in [-0.4, -0.2) is 20.9 Å². The molecule has 0 atom stereocenters. The lowest BCUT2D eigenvalue weighted by Gasteiger charge is -2.09. The monoisotopic (exact) mass is 334 g/mol. The van der Waals surface area contributed by atoms with Crippen LogP contribution in [0.25, 0.3) is 10.9 Å². The van der Waals surface area contributed by atoms with Gasteiger partial charge in [0.15, 0.2) is 0 Å². The normalized spacial score (nSPS) is 11.8. The zero-order chi connectivity index (χ0) is 17.5. The number of carboxylic acids is 1. The molecule has 124 valence electrons. The SMILES string of the molecule is Cc1ccc(C(=O)O)c2cnn(Cc3ccc(C(F)(F)F)cc3)c12. The molecule has 0 unspecified atom stereocenters. The minimum absolute atomic E-state index is 0.147. The average molecular weight is 334 g/mol. The number of hydrogen-bond acceptors (Lipinski definition) is 2. The Bertz CT molecular complexity index is 912. The summed E-state index contributed by atoms with van der Waals surface area (Å²) in [6.07, 6.45) is -2.90. The Morgan fingerprint density at radius 1 is 1.17 bits per heavy atom. The lowest BCUT2D eigenvalue weighted by molar-refractivity contribution is -0.137. The number of alkyl halides is 3. The third-order valence-electron chi connectivity index (χ3n) is 3.85. The Balaban J connectivity index is 1.99. The predicted octanol–water partition coefficient (Wildman–Crippen LogP) is 4.11. The van der Waals surface area contributed by atoms with E-state index in [9.17, 15) is 23.1 Å².